The van der Waals surface area contributed by atoms with Crippen LogP contribution in [0.1, 0.15) is 64.7 Å². The Bertz CT molecular complexity index is 291. The maximum Gasteiger partial charge on any atom is 0.325 e. The van der Waals surface area contributed by atoms with Crippen LogP contribution in [0.3, 0.4) is 0 Å². The van der Waals surface area contributed by atoms with Gasteiger partial charge in [0.25, 0.3) is 0 Å². The number of carbonyl (C=O) groups is 3. The Morgan fingerprint density at radius 2 is 1.32 bits per heavy atom. The number of hydrogen-bond donors (Lipinski definition) is 1. The zero-order valence-electron chi connectivity index (χ0n) is 11.5. The first kappa shape index (κ1) is 17.6. The summed E-state index contributed by atoms with van der Waals surface area (Å²) in [6.45, 7) is 2.14. The van der Waals surface area contributed by atoms with E-state index in [1.54, 1.807) is 0 Å². The van der Waals surface area contributed by atoms with Crippen LogP contribution in [-0.4, -0.2) is 17.9 Å². The molecule has 0 aliphatic carbocycles. The van der Waals surface area contributed by atoms with Crippen molar-refractivity contribution in [3.05, 3.63) is 0 Å². The summed E-state index contributed by atoms with van der Waals surface area (Å²) in [5.41, 5.74) is 0. The number of nitrogens with two attached hydrogens (primary N) is 1. The van der Waals surface area contributed by atoms with Crippen molar-refractivity contribution in [1.29, 1.82) is 0 Å². The van der Waals surface area contributed by atoms with Gasteiger partial charge in [0, 0.05) is 6.42 Å². The van der Waals surface area contributed by atoms with Gasteiger partial charge in [0.2, 0.25) is 0 Å². The quantitative estimate of drug-likeness (QED) is 0.283. The molecule has 2 N–H and O–H groups in total. The summed E-state index contributed by atoms with van der Waals surface area (Å²) in [5, 5.41) is 0. The highest BCUT2D eigenvalue weighted by molar-refractivity contribution is 5.87. The highest BCUT2D eigenvalue weighted by Crippen LogP contribution is 2.07. The minimum Gasteiger partial charge on any atom is -0.393 e. The van der Waals surface area contributed by atoms with Crippen molar-refractivity contribution in [2.75, 3.05) is 0 Å². The van der Waals surface area contributed by atoms with Crippen molar-refractivity contribution in [2.24, 2.45) is 5.90 Å². The first-order chi connectivity index (χ1) is 9.10. The Labute approximate surface area is 113 Å². The third kappa shape index (κ3) is 11.4. The molecule has 19 heavy (non-hydrogen) atoms. The minimum atomic E-state index is -0.721. The molecule has 0 unspecified atom stereocenters. The second kappa shape index (κ2) is 11.6. The second-order valence-electron chi connectivity index (χ2n) is 4.35. The molecule has 0 atom stereocenters. The van der Waals surface area contributed by atoms with Crippen LogP contribution in [-0.2, 0) is 24.0 Å². The molecule has 0 aliphatic rings. The molecule has 0 fully saturated rings. The van der Waals surface area contributed by atoms with E-state index in [1.165, 1.54) is 19.3 Å². The van der Waals surface area contributed by atoms with E-state index in [4.69, 9.17) is 0 Å². The van der Waals surface area contributed by atoms with Gasteiger partial charge in [-0.3, -0.25) is 14.4 Å². The summed E-state index contributed by atoms with van der Waals surface area (Å²) in [4.78, 5) is 37.0. The largest absolute Gasteiger partial charge is 0.393 e. The Morgan fingerprint density at radius 3 is 1.95 bits per heavy atom. The summed E-state index contributed by atoms with van der Waals surface area (Å²) in [7, 11) is 0. The van der Waals surface area contributed by atoms with Crippen molar-refractivity contribution in [3.63, 3.8) is 0 Å². The molecule has 6 heteroatoms. The van der Waals surface area contributed by atoms with Crippen molar-refractivity contribution in [1.82, 2.24) is 0 Å². The molecule has 0 aliphatic heterocycles. The lowest BCUT2D eigenvalue weighted by Gasteiger charge is -2.03. The number of ether oxygens (including phenoxy) is 1. The normalized spacial score (nSPS) is 10.0. The highest BCUT2D eigenvalue weighted by atomic mass is 16.7. The molecule has 0 rings (SSSR count). The van der Waals surface area contributed by atoms with Crippen molar-refractivity contribution < 1.29 is 24.0 Å². The minimum absolute atomic E-state index is 0.181. The van der Waals surface area contributed by atoms with E-state index in [9.17, 15) is 14.4 Å². The van der Waals surface area contributed by atoms with E-state index < -0.39 is 17.9 Å². The fourth-order valence-corrected chi connectivity index (χ4v) is 1.54. The van der Waals surface area contributed by atoms with E-state index >= 15 is 0 Å². The van der Waals surface area contributed by atoms with E-state index in [2.05, 4.69) is 22.4 Å². The summed E-state index contributed by atoms with van der Waals surface area (Å²) < 4.78 is 4.55. The van der Waals surface area contributed by atoms with Crippen LogP contribution in [0.2, 0.25) is 0 Å². The van der Waals surface area contributed by atoms with Crippen LogP contribution >= 0.6 is 0 Å². The van der Waals surface area contributed by atoms with Gasteiger partial charge >= 0.3 is 17.9 Å². The molecule has 0 saturated heterocycles. The van der Waals surface area contributed by atoms with E-state index in [0.29, 0.717) is 0 Å². The van der Waals surface area contributed by atoms with E-state index in [1.807, 2.05) is 0 Å². The molecule has 0 heterocycles. The molecule has 0 spiro atoms. The average Bonchev–Trinajstić information content (AvgIpc) is 2.39. The molecule has 6 nitrogen and oxygen atoms in total. The van der Waals surface area contributed by atoms with Crippen LogP contribution in [0.4, 0.5) is 0 Å². The number of unbranched alkanes of at least 4 members (excludes halogenated alkanes) is 5. The molecule has 110 valence electrons. The molecular formula is C13H23NO5. The van der Waals surface area contributed by atoms with Crippen LogP contribution in [0.5, 0.6) is 0 Å². The Morgan fingerprint density at radius 1 is 0.789 bits per heavy atom. The van der Waals surface area contributed by atoms with Gasteiger partial charge < -0.3 is 9.57 Å². The van der Waals surface area contributed by atoms with Gasteiger partial charge in [-0.25, -0.2) is 0 Å². The van der Waals surface area contributed by atoms with Crippen molar-refractivity contribution in [2.45, 2.75) is 64.7 Å². The number of hydrogen-bond acceptors (Lipinski definition) is 6. The molecule has 0 radical (unpaired) electrons. The Hall–Kier alpha value is -1.43. The summed E-state index contributed by atoms with van der Waals surface area (Å²) >= 11 is 0. The zero-order valence-corrected chi connectivity index (χ0v) is 11.5. The lowest BCUT2D eigenvalue weighted by molar-refractivity contribution is -0.161. The maximum atomic E-state index is 11.3. The highest BCUT2D eigenvalue weighted by Gasteiger charge is 2.12. The topological polar surface area (TPSA) is 95.7 Å². The molecule has 0 aromatic carbocycles. The fourth-order valence-electron chi connectivity index (χ4n) is 1.54. The predicted octanol–water partition coefficient (Wildman–Crippen LogP) is 2.00. The summed E-state index contributed by atoms with van der Waals surface area (Å²) in [6, 6.07) is 0. The van der Waals surface area contributed by atoms with Gasteiger partial charge in [-0.15, -0.1) is 0 Å². The first-order valence-corrected chi connectivity index (χ1v) is 6.73. The third-order valence-electron chi connectivity index (χ3n) is 2.63. The van der Waals surface area contributed by atoms with Crippen molar-refractivity contribution in [3.8, 4) is 0 Å². The zero-order chi connectivity index (χ0) is 14.5. The number of carbonyl (C=O) groups excluding carboxylic acids is 3. The predicted molar refractivity (Wildman–Crippen MR) is 68.6 cm³/mol. The van der Waals surface area contributed by atoms with Crippen LogP contribution in [0.15, 0.2) is 0 Å². The average molecular weight is 273 g/mol. The molecule has 0 aromatic heterocycles. The first-order valence-electron chi connectivity index (χ1n) is 6.73. The second-order valence-corrected chi connectivity index (χ2v) is 4.35. The Balaban J connectivity index is 3.52. The molecule has 0 saturated carbocycles. The van der Waals surface area contributed by atoms with Gasteiger partial charge in [-0.1, -0.05) is 39.0 Å². The molecular weight excluding hydrogens is 250 g/mol. The SMILES string of the molecule is CCCCCCCCC(=O)OC(=O)CCC(=O)ON. The van der Waals surface area contributed by atoms with E-state index in [-0.39, 0.29) is 19.3 Å². The van der Waals surface area contributed by atoms with Gasteiger partial charge in [-0.05, 0) is 6.42 Å². The van der Waals surface area contributed by atoms with Crippen LogP contribution < -0.4 is 5.90 Å². The lowest BCUT2D eigenvalue weighted by Crippen LogP contribution is -2.15. The van der Waals surface area contributed by atoms with Gasteiger partial charge in [-0.2, -0.15) is 5.90 Å². The molecule has 0 amide bonds. The monoisotopic (exact) mass is 273 g/mol. The molecule has 0 bridgehead atoms. The molecule has 0 aromatic rings. The smallest absolute Gasteiger partial charge is 0.325 e. The standard InChI is InChI=1S/C13H23NO5/c1-2-3-4-5-6-7-8-11(15)18-12(16)9-10-13(17)19-14/h2-10,14H2,1H3. The number of rotatable bonds is 10. The summed E-state index contributed by atoms with van der Waals surface area (Å²) in [5.74, 6) is 2.64. The van der Waals surface area contributed by atoms with Gasteiger partial charge in [0.1, 0.15) is 0 Å². The lowest BCUT2D eigenvalue weighted by atomic mass is 10.1. The van der Waals surface area contributed by atoms with Crippen molar-refractivity contribution >= 4 is 17.9 Å². The van der Waals surface area contributed by atoms with E-state index in [0.717, 1.165) is 19.3 Å². The van der Waals surface area contributed by atoms with Gasteiger partial charge in [0.15, 0.2) is 0 Å². The van der Waals surface area contributed by atoms with Crippen LogP contribution in [0.25, 0.3) is 0 Å². The maximum absolute atomic E-state index is 11.3. The third-order valence-corrected chi connectivity index (χ3v) is 2.63. The Kier molecular flexibility index (Phi) is 10.8. The van der Waals surface area contributed by atoms with Crippen LogP contribution in [0, 0.1) is 0 Å². The van der Waals surface area contributed by atoms with Gasteiger partial charge in [0.05, 0.1) is 12.8 Å². The fraction of sp³-hybridized carbons (Fsp3) is 0.769. The number of esters is 2. The summed E-state index contributed by atoms with van der Waals surface area (Å²) in [6.07, 6.45) is 6.20.